The van der Waals surface area contributed by atoms with Gasteiger partial charge in [-0.1, -0.05) is 32.9 Å². The van der Waals surface area contributed by atoms with Crippen molar-refractivity contribution in [3.05, 3.63) is 12.2 Å². The Bertz CT molecular complexity index is 250. The van der Waals surface area contributed by atoms with E-state index in [9.17, 15) is 4.79 Å². The lowest BCUT2D eigenvalue weighted by Crippen LogP contribution is -2.15. The van der Waals surface area contributed by atoms with Crippen molar-refractivity contribution in [2.24, 2.45) is 5.41 Å². The van der Waals surface area contributed by atoms with Gasteiger partial charge in [0.2, 0.25) is 0 Å². The standard InChI is InChI=1S/C12H20O3/c1-12(2,3)7-5-6-9-8-10(14-4)11(13)15-9/h5,7,9-10H,6,8H2,1-4H3/b7-5+/t9?,10-/m1/s1. The molecule has 1 aliphatic rings. The molecule has 2 atom stereocenters. The fourth-order valence-corrected chi connectivity index (χ4v) is 1.53. The second kappa shape index (κ2) is 4.79. The van der Waals surface area contributed by atoms with Gasteiger partial charge < -0.3 is 9.47 Å². The topological polar surface area (TPSA) is 35.5 Å². The lowest BCUT2D eigenvalue weighted by molar-refractivity contribution is -0.148. The minimum absolute atomic E-state index is 0.0129. The van der Waals surface area contributed by atoms with Gasteiger partial charge in [0, 0.05) is 20.0 Å². The van der Waals surface area contributed by atoms with Gasteiger partial charge in [-0.05, 0) is 5.41 Å². The fraction of sp³-hybridized carbons (Fsp3) is 0.750. The van der Waals surface area contributed by atoms with Crippen LogP contribution in [0.1, 0.15) is 33.6 Å². The number of hydrogen-bond donors (Lipinski definition) is 0. The van der Waals surface area contributed by atoms with Gasteiger partial charge in [-0.15, -0.1) is 0 Å². The third kappa shape index (κ3) is 4.04. The van der Waals surface area contributed by atoms with Crippen molar-refractivity contribution < 1.29 is 14.3 Å². The van der Waals surface area contributed by atoms with E-state index in [0.29, 0.717) is 6.42 Å². The zero-order valence-corrected chi connectivity index (χ0v) is 9.95. The zero-order chi connectivity index (χ0) is 11.5. The summed E-state index contributed by atoms with van der Waals surface area (Å²) >= 11 is 0. The van der Waals surface area contributed by atoms with Crippen molar-refractivity contribution in [2.45, 2.75) is 45.8 Å². The van der Waals surface area contributed by atoms with Crippen LogP contribution in [0.15, 0.2) is 12.2 Å². The number of carbonyl (C=O) groups is 1. The largest absolute Gasteiger partial charge is 0.460 e. The SMILES string of the molecule is CO[C@@H]1CC(C/C=C/C(C)(C)C)OC1=O. The van der Waals surface area contributed by atoms with Crippen LogP contribution in [-0.2, 0) is 14.3 Å². The minimum atomic E-state index is -0.363. The van der Waals surface area contributed by atoms with Crippen LogP contribution < -0.4 is 0 Å². The fourth-order valence-electron chi connectivity index (χ4n) is 1.53. The van der Waals surface area contributed by atoms with Crippen LogP contribution in [0.4, 0.5) is 0 Å². The number of rotatable bonds is 3. The zero-order valence-electron chi connectivity index (χ0n) is 9.95. The number of esters is 1. The molecule has 1 fully saturated rings. The molecule has 0 radical (unpaired) electrons. The summed E-state index contributed by atoms with van der Waals surface area (Å²) in [6.07, 6.45) is 5.29. The maximum absolute atomic E-state index is 11.2. The van der Waals surface area contributed by atoms with Gasteiger partial charge in [-0.3, -0.25) is 0 Å². The molecule has 0 spiro atoms. The summed E-state index contributed by atoms with van der Waals surface area (Å²) in [4.78, 5) is 11.2. The normalized spacial score (nSPS) is 27.3. The van der Waals surface area contributed by atoms with Gasteiger partial charge >= 0.3 is 5.97 Å². The molecule has 0 bridgehead atoms. The van der Waals surface area contributed by atoms with E-state index in [1.807, 2.05) is 0 Å². The molecule has 1 unspecified atom stereocenters. The van der Waals surface area contributed by atoms with Gasteiger partial charge in [0.25, 0.3) is 0 Å². The van der Waals surface area contributed by atoms with E-state index in [2.05, 4.69) is 32.9 Å². The molecule has 1 saturated heterocycles. The van der Waals surface area contributed by atoms with Crippen molar-refractivity contribution in [3.63, 3.8) is 0 Å². The Hall–Kier alpha value is -0.830. The Balaban J connectivity index is 2.36. The molecule has 3 nitrogen and oxygen atoms in total. The molecule has 0 aromatic heterocycles. The van der Waals surface area contributed by atoms with Crippen molar-refractivity contribution in [1.82, 2.24) is 0 Å². The van der Waals surface area contributed by atoms with Crippen molar-refractivity contribution >= 4 is 5.97 Å². The smallest absolute Gasteiger partial charge is 0.335 e. The first-order valence-corrected chi connectivity index (χ1v) is 5.33. The number of cyclic esters (lactones) is 1. The summed E-state index contributed by atoms with van der Waals surface area (Å²) in [6.45, 7) is 6.42. The highest BCUT2D eigenvalue weighted by Gasteiger charge is 2.33. The first-order chi connectivity index (χ1) is 6.92. The Morgan fingerprint density at radius 3 is 2.67 bits per heavy atom. The number of allylic oxidation sites excluding steroid dienone is 1. The van der Waals surface area contributed by atoms with E-state index >= 15 is 0 Å². The van der Waals surface area contributed by atoms with E-state index in [1.165, 1.54) is 0 Å². The predicted octanol–water partition coefficient (Wildman–Crippen LogP) is 2.31. The molecule has 1 aliphatic heterocycles. The van der Waals surface area contributed by atoms with Crippen LogP contribution in [0.5, 0.6) is 0 Å². The van der Waals surface area contributed by atoms with Crippen LogP contribution in [0.2, 0.25) is 0 Å². The van der Waals surface area contributed by atoms with Crippen LogP contribution in [0, 0.1) is 5.41 Å². The molecule has 1 heterocycles. The maximum Gasteiger partial charge on any atom is 0.335 e. The summed E-state index contributed by atoms with van der Waals surface area (Å²) in [5.74, 6) is -0.230. The molecule has 0 aromatic carbocycles. The average molecular weight is 212 g/mol. The molecule has 0 N–H and O–H groups in total. The quantitative estimate of drug-likeness (QED) is 0.532. The summed E-state index contributed by atoms with van der Waals surface area (Å²) in [5.41, 5.74) is 0.184. The minimum Gasteiger partial charge on any atom is -0.460 e. The van der Waals surface area contributed by atoms with Gasteiger partial charge in [0.15, 0.2) is 6.10 Å². The summed E-state index contributed by atoms with van der Waals surface area (Å²) in [6, 6.07) is 0. The van der Waals surface area contributed by atoms with Gasteiger partial charge in [0.1, 0.15) is 6.10 Å². The van der Waals surface area contributed by atoms with E-state index in [-0.39, 0.29) is 23.6 Å². The van der Waals surface area contributed by atoms with Crippen LogP contribution in [-0.4, -0.2) is 25.3 Å². The highest BCUT2D eigenvalue weighted by Crippen LogP contribution is 2.22. The number of carbonyl (C=O) groups excluding carboxylic acids is 1. The van der Waals surface area contributed by atoms with E-state index in [4.69, 9.17) is 9.47 Å². The lowest BCUT2D eigenvalue weighted by Gasteiger charge is -2.12. The first-order valence-electron chi connectivity index (χ1n) is 5.33. The molecule has 0 aromatic rings. The van der Waals surface area contributed by atoms with Crippen LogP contribution in [0.25, 0.3) is 0 Å². The Labute approximate surface area is 91.4 Å². The van der Waals surface area contributed by atoms with Gasteiger partial charge in [-0.25, -0.2) is 4.79 Å². The molecule has 1 rings (SSSR count). The summed E-state index contributed by atoms with van der Waals surface area (Å²) < 4.78 is 10.2. The number of ether oxygens (including phenoxy) is 2. The second-order valence-electron chi connectivity index (χ2n) is 5.02. The van der Waals surface area contributed by atoms with E-state index in [0.717, 1.165) is 6.42 Å². The highest BCUT2D eigenvalue weighted by molar-refractivity contribution is 5.76. The van der Waals surface area contributed by atoms with E-state index in [1.54, 1.807) is 7.11 Å². The molecule has 86 valence electrons. The maximum atomic E-state index is 11.2. The number of methoxy groups -OCH3 is 1. The monoisotopic (exact) mass is 212 g/mol. The third-order valence-corrected chi connectivity index (χ3v) is 2.32. The second-order valence-corrected chi connectivity index (χ2v) is 5.02. The lowest BCUT2D eigenvalue weighted by atomic mass is 9.95. The summed E-state index contributed by atoms with van der Waals surface area (Å²) in [5, 5.41) is 0. The Morgan fingerprint density at radius 2 is 2.20 bits per heavy atom. The van der Waals surface area contributed by atoms with Gasteiger partial charge in [0.05, 0.1) is 0 Å². The molecular weight excluding hydrogens is 192 g/mol. The summed E-state index contributed by atoms with van der Waals surface area (Å²) in [7, 11) is 1.54. The van der Waals surface area contributed by atoms with Crippen molar-refractivity contribution in [1.29, 1.82) is 0 Å². The molecular formula is C12H20O3. The molecule has 3 heteroatoms. The molecule has 0 amide bonds. The van der Waals surface area contributed by atoms with Gasteiger partial charge in [-0.2, -0.15) is 0 Å². The molecule has 0 aliphatic carbocycles. The number of hydrogen-bond acceptors (Lipinski definition) is 3. The van der Waals surface area contributed by atoms with Crippen LogP contribution in [0.3, 0.4) is 0 Å². The first kappa shape index (κ1) is 12.2. The Morgan fingerprint density at radius 1 is 1.53 bits per heavy atom. The van der Waals surface area contributed by atoms with Crippen molar-refractivity contribution in [2.75, 3.05) is 7.11 Å². The molecule has 15 heavy (non-hydrogen) atoms. The van der Waals surface area contributed by atoms with Crippen molar-refractivity contribution in [3.8, 4) is 0 Å². The predicted molar refractivity (Wildman–Crippen MR) is 58.5 cm³/mol. The average Bonchev–Trinajstić information content (AvgIpc) is 2.44. The van der Waals surface area contributed by atoms with E-state index < -0.39 is 0 Å². The highest BCUT2D eigenvalue weighted by atomic mass is 16.6. The molecule has 0 saturated carbocycles. The third-order valence-electron chi connectivity index (χ3n) is 2.32. The van der Waals surface area contributed by atoms with Crippen LogP contribution >= 0.6 is 0 Å². The Kier molecular flexibility index (Phi) is 3.91.